The minimum atomic E-state index is -0.392. The van der Waals surface area contributed by atoms with Gasteiger partial charge in [0.25, 0.3) is 0 Å². The summed E-state index contributed by atoms with van der Waals surface area (Å²) in [5, 5.41) is 5.11. The van der Waals surface area contributed by atoms with Crippen molar-refractivity contribution in [1.29, 1.82) is 0 Å². The lowest BCUT2D eigenvalue weighted by atomic mass is 10.1. The van der Waals surface area contributed by atoms with Crippen LogP contribution in [0, 0.1) is 0 Å². The van der Waals surface area contributed by atoms with Crippen LogP contribution in [0.25, 0.3) is 0 Å². The summed E-state index contributed by atoms with van der Waals surface area (Å²) in [5.74, 6) is -0.175. The first-order valence-electron chi connectivity index (χ1n) is 6.90. The van der Waals surface area contributed by atoms with Crippen molar-refractivity contribution in [1.82, 2.24) is 10.6 Å². The standard InChI is InChI=1S/C15H22N2O2S/c1-2-9-16-14(18)8-10-17-15(19)13(20)11-12-6-4-3-5-7-12/h3-7,13,20H,2,8-11H2,1H3,(H,16,18)(H,17,19). The van der Waals surface area contributed by atoms with Crippen molar-refractivity contribution in [3.05, 3.63) is 35.9 Å². The smallest absolute Gasteiger partial charge is 0.233 e. The Morgan fingerprint density at radius 3 is 2.50 bits per heavy atom. The van der Waals surface area contributed by atoms with Crippen LogP contribution < -0.4 is 10.6 Å². The van der Waals surface area contributed by atoms with E-state index in [2.05, 4.69) is 23.3 Å². The van der Waals surface area contributed by atoms with Gasteiger partial charge < -0.3 is 10.6 Å². The predicted octanol–water partition coefficient (Wildman–Crippen LogP) is 1.56. The van der Waals surface area contributed by atoms with Crippen molar-refractivity contribution >= 4 is 24.4 Å². The number of rotatable bonds is 8. The van der Waals surface area contributed by atoms with Crippen LogP contribution in [0.2, 0.25) is 0 Å². The summed E-state index contributed by atoms with van der Waals surface area (Å²) in [5.41, 5.74) is 1.07. The molecule has 0 aliphatic heterocycles. The van der Waals surface area contributed by atoms with Gasteiger partial charge in [0.1, 0.15) is 0 Å². The maximum Gasteiger partial charge on any atom is 0.233 e. The molecular weight excluding hydrogens is 272 g/mol. The molecule has 1 unspecified atom stereocenters. The number of hydrogen-bond acceptors (Lipinski definition) is 3. The Bertz CT molecular complexity index is 423. The van der Waals surface area contributed by atoms with Gasteiger partial charge in [0.05, 0.1) is 5.25 Å². The highest BCUT2D eigenvalue weighted by atomic mass is 32.1. The van der Waals surface area contributed by atoms with E-state index in [-0.39, 0.29) is 11.8 Å². The molecule has 5 heteroatoms. The molecule has 2 amide bonds. The highest BCUT2D eigenvalue weighted by Crippen LogP contribution is 2.07. The number of amides is 2. The third kappa shape index (κ3) is 6.61. The fourth-order valence-electron chi connectivity index (χ4n) is 1.70. The molecule has 0 bridgehead atoms. The Balaban J connectivity index is 2.23. The SMILES string of the molecule is CCCNC(=O)CCNC(=O)C(S)Cc1ccccc1. The van der Waals surface area contributed by atoms with Crippen LogP contribution >= 0.6 is 12.6 Å². The molecule has 1 rings (SSSR count). The van der Waals surface area contributed by atoms with Crippen molar-refractivity contribution in [2.75, 3.05) is 13.1 Å². The lowest BCUT2D eigenvalue weighted by molar-refractivity contribution is -0.122. The molecule has 0 spiro atoms. The number of hydrogen-bond donors (Lipinski definition) is 3. The number of nitrogens with one attached hydrogen (secondary N) is 2. The van der Waals surface area contributed by atoms with Gasteiger partial charge in [-0.05, 0) is 18.4 Å². The Labute approximate surface area is 125 Å². The van der Waals surface area contributed by atoms with E-state index in [9.17, 15) is 9.59 Å². The zero-order valence-corrected chi connectivity index (χ0v) is 12.7. The molecule has 0 heterocycles. The molecule has 110 valence electrons. The zero-order chi connectivity index (χ0) is 14.8. The number of benzene rings is 1. The molecule has 0 fully saturated rings. The molecular formula is C15H22N2O2S. The normalized spacial score (nSPS) is 11.7. The Morgan fingerprint density at radius 1 is 1.15 bits per heavy atom. The first-order chi connectivity index (χ1) is 9.63. The molecule has 20 heavy (non-hydrogen) atoms. The van der Waals surface area contributed by atoms with Crippen LogP contribution in [0.4, 0.5) is 0 Å². The Morgan fingerprint density at radius 2 is 1.85 bits per heavy atom. The van der Waals surface area contributed by atoms with Gasteiger partial charge in [0, 0.05) is 19.5 Å². The summed E-state index contributed by atoms with van der Waals surface area (Å²) in [6.45, 7) is 3.02. The quantitative estimate of drug-likeness (QED) is 0.637. The highest BCUT2D eigenvalue weighted by Gasteiger charge is 2.14. The maximum absolute atomic E-state index is 11.8. The van der Waals surface area contributed by atoms with Gasteiger partial charge in [0.15, 0.2) is 0 Å². The van der Waals surface area contributed by atoms with Crippen LogP contribution in [0.3, 0.4) is 0 Å². The zero-order valence-electron chi connectivity index (χ0n) is 11.8. The predicted molar refractivity (Wildman–Crippen MR) is 83.8 cm³/mol. The summed E-state index contributed by atoms with van der Waals surface area (Å²) < 4.78 is 0. The largest absolute Gasteiger partial charge is 0.356 e. The van der Waals surface area contributed by atoms with E-state index < -0.39 is 5.25 Å². The van der Waals surface area contributed by atoms with Crippen LogP contribution in [0.15, 0.2) is 30.3 Å². The number of carbonyl (C=O) groups is 2. The molecule has 0 saturated heterocycles. The second-order valence-electron chi connectivity index (χ2n) is 4.60. The fraction of sp³-hybridized carbons (Fsp3) is 0.467. The molecule has 4 nitrogen and oxygen atoms in total. The third-order valence-electron chi connectivity index (χ3n) is 2.80. The van der Waals surface area contributed by atoms with Gasteiger partial charge >= 0.3 is 0 Å². The highest BCUT2D eigenvalue weighted by molar-refractivity contribution is 7.81. The van der Waals surface area contributed by atoms with Gasteiger partial charge in [0.2, 0.25) is 11.8 Å². The molecule has 0 aromatic heterocycles. The summed E-state index contributed by atoms with van der Waals surface area (Å²) in [6.07, 6.45) is 1.79. The molecule has 2 N–H and O–H groups in total. The van der Waals surface area contributed by atoms with Gasteiger partial charge in [-0.15, -0.1) is 0 Å². The number of thiol groups is 1. The van der Waals surface area contributed by atoms with Gasteiger partial charge in [-0.2, -0.15) is 12.6 Å². The topological polar surface area (TPSA) is 58.2 Å². The van der Waals surface area contributed by atoms with E-state index in [4.69, 9.17) is 0 Å². The lowest BCUT2D eigenvalue weighted by Crippen LogP contribution is -2.36. The molecule has 0 aliphatic rings. The summed E-state index contributed by atoms with van der Waals surface area (Å²) in [6, 6.07) is 9.74. The molecule has 0 radical (unpaired) electrons. The van der Waals surface area contributed by atoms with Crippen molar-refractivity contribution < 1.29 is 9.59 Å². The monoisotopic (exact) mass is 294 g/mol. The average Bonchev–Trinajstić information content (AvgIpc) is 2.46. The van der Waals surface area contributed by atoms with Crippen molar-refractivity contribution in [2.45, 2.75) is 31.4 Å². The van der Waals surface area contributed by atoms with Gasteiger partial charge in [-0.25, -0.2) is 0 Å². The van der Waals surface area contributed by atoms with E-state index in [1.807, 2.05) is 37.3 Å². The van der Waals surface area contributed by atoms with E-state index in [0.29, 0.717) is 25.9 Å². The Kier molecular flexibility index (Phi) is 7.80. The number of carbonyl (C=O) groups excluding carboxylic acids is 2. The van der Waals surface area contributed by atoms with Gasteiger partial charge in [-0.1, -0.05) is 37.3 Å². The minimum Gasteiger partial charge on any atom is -0.356 e. The van der Waals surface area contributed by atoms with Crippen LogP contribution in [0.1, 0.15) is 25.3 Å². The summed E-state index contributed by atoms with van der Waals surface area (Å²) in [4.78, 5) is 23.2. The first kappa shape index (κ1) is 16.6. The lowest BCUT2D eigenvalue weighted by Gasteiger charge is -2.11. The van der Waals surface area contributed by atoms with Crippen LogP contribution in [0.5, 0.6) is 0 Å². The second-order valence-corrected chi connectivity index (χ2v) is 5.22. The summed E-state index contributed by atoms with van der Waals surface area (Å²) >= 11 is 4.30. The third-order valence-corrected chi connectivity index (χ3v) is 3.22. The van der Waals surface area contributed by atoms with Crippen molar-refractivity contribution in [3.63, 3.8) is 0 Å². The van der Waals surface area contributed by atoms with E-state index in [1.165, 1.54) is 0 Å². The first-order valence-corrected chi connectivity index (χ1v) is 7.41. The van der Waals surface area contributed by atoms with Crippen molar-refractivity contribution in [2.24, 2.45) is 0 Å². The van der Waals surface area contributed by atoms with E-state index in [1.54, 1.807) is 0 Å². The van der Waals surface area contributed by atoms with Crippen LogP contribution in [-0.2, 0) is 16.0 Å². The molecule has 1 aromatic rings. The second kappa shape index (κ2) is 9.42. The van der Waals surface area contributed by atoms with E-state index in [0.717, 1.165) is 12.0 Å². The van der Waals surface area contributed by atoms with E-state index >= 15 is 0 Å². The maximum atomic E-state index is 11.8. The fourth-order valence-corrected chi connectivity index (χ4v) is 2.00. The minimum absolute atomic E-state index is 0.0362. The molecule has 0 aliphatic carbocycles. The average molecular weight is 294 g/mol. The van der Waals surface area contributed by atoms with Crippen molar-refractivity contribution in [3.8, 4) is 0 Å². The molecule has 1 atom stereocenters. The Hall–Kier alpha value is -1.49. The molecule has 1 aromatic carbocycles. The van der Waals surface area contributed by atoms with Crippen LogP contribution in [-0.4, -0.2) is 30.2 Å². The van der Waals surface area contributed by atoms with Gasteiger partial charge in [-0.3, -0.25) is 9.59 Å². The summed E-state index contributed by atoms with van der Waals surface area (Å²) in [7, 11) is 0. The molecule has 0 saturated carbocycles.